The van der Waals surface area contributed by atoms with Gasteiger partial charge in [0.2, 0.25) is 0 Å². The summed E-state index contributed by atoms with van der Waals surface area (Å²) in [6.45, 7) is 2.14. The fourth-order valence-electron chi connectivity index (χ4n) is 2.30. The zero-order valence-corrected chi connectivity index (χ0v) is 13.3. The predicted octanol–water partition coefficient (Wildman–Crippen LogP) is 2.39. The van der Waals surface area contributed by atoms with Gasteiger partial charge in [0.15, 0.2) is 5.96 Å². The molecule has 1 aliphatic heterocycles. The molecular formula is C15H22FN3OS. The van der Waals surface area contributed by atoms with Crippen molar-refractivity contribution in [3.8, 4) is 0 Å². The van der Waals surface area contributed by atoms with E-state index in [1.54, 1.807) is 30.9 Å². The van der Waals surface area contributed by atoms with Crippen molar-refractivity contribution in [3.05, 3.63) is 29.6 Å². The molecule has 2 N–H and O–H groups in total. The minimum atomic E-state index is -0.216. The van der Waals surface area contributed by atoms with Crippen molar-refractivity contribution >= 4 is 17.7 Å². The molecule has 1 saturated heterocycles. The number of hydrogen-bond donors (Lipinski definition) is 2. The summed E-state index contributed by atoms with van der Waals surface area (Å²) in [5.41, 5.74) is 0.933. The number of thioether (sulfide) groups is 1. The van der Waals surface area contributed by atoms with Gasteiger partial charge in [0, 0.05) is 31.6 Å². The molecule has 4 nitrogen and oxygen atoms in total. The van der Waals surface area contributed by atoms with Crippen molar-refractivity contribution in [2.45, 2.75) is 30.4 Å². The van der Waals surface area contributed by atoms with Crippen LogP contribution in [0.3, 0.4) is 0 Å². The summed E-state index contributed by atoms with van der Waals surface area (Å²) in [4.78, 5) is 5.25. The van der Waals surface area contributed by atoms with Gasteiger partial charge in [-0.3, -0.25) is 4.99 Å². The molecule has 0 saturated carbocycles. The smallest absolute Gasteiger partial charge is 0.191 e. The van der Waals surface area contributed by atoms with Crippen molar-refractivity contribution in [2.24, 2.45) is 4.99 Å². The highest BCUT2D eigenvalue weighted by molar-refractivity contribution is 7.98. The molecule has 6 heteroatoms. The summed E-state index contributed by atoms with van der Waals surface area (Å²) in [6.07, 6.45) is 4.46. The van der Waals surface area contributed by atoms with E-state index in [1.807, 2.05) is 6.26 Å². The number of nitrogens with zero attached hydrogens (tertiary/aromatic N) is 1. The Kier molecular flexibility index (Phi) is 6.32. The molecule has 1 unspecified atom stereocenters. The highest BCUT2D eigenvalue weighted by atomic mass is 32.2. The van der Waals surface area contributed by atoms with Crippen molar-refractivity contribution in [1.82, 2.24) is 10.6 Å². The highest BCUT2D eigenvalue weighted by Crippen LogP contribution is 2.21. The Morgan fingerprint density at radius 1 is 1.48 bits per heavy atom. The molecule has 0 bridgehead atoms. The third-order valence-corrected chi connectivity index (χ3v) is 4.27. The van der Waals surface area contributed by atoms with Crippen molar-refractivity contribution in [3.63, 3.8) is 0 Å². The maximum atomic E-state index is 13.3. The highest BCUT2D eigenvalue weighted by Gasteiger charge is 2.15. The number of guanidine groups is 1. The molecule has 1 aliphatic rings. The first-order chi connectivity index (χ1) is 10.2. The summed E-state index contributed by atoms with van der Waals surface area (Å²) in [7, 11) is 1.73. The van der Waals surface area contributed by atoms with Crippen LogP contribution in [0.25, 0.3) is 0 Å². The standard InChI is InChI=1S/C15H22FN3OS/c1-17-15(19-10-13-4-3-7-20-13)18-9-11-8-12(16)5-6-14(11)21-2/h5-6,8,13H,3-4,7,9-10H2,1-2H3,(H2,17,18,19). The fourth-order valence-corrected chi connectivity index (χ4v) is 2.90. The SMILES string of the molecule is CN=C(NCc1cc(F)ccc1SC)NCC1CCCO1. The van der Waals surface area contributed by atoms with Crippen LogP contribution in [0, 0.1) is 5.82 Å². The Morgan fingerprint density at radius 2 is 2.33 bits per heavy atom. The average Bonchev–Trinajstić information content (AvgIpc) is 3.01. The van der Waals surface area contributed by atoms with Crippen LogP contribution >= 0.6 is 11.8 Å². The molecule has 0 aliphatic carbocycles. The van der Waals surface area contributed by atoms with E-state index in [4.69, 9.17) is 4.74 Å². The first kappa shape index (κ1) is 16.1. The van der Waals surface area contributed by atoms with E-state index < -0.39 is 0 Å². The Bertz CT molecular complexity index is 490. The van der Waals surface area contributed by atoms with E-state index in [2.05, 4.69) is 15.6 Å². The molecule has 1 aromatic carbocycles. The lowest BCUT2D eigenvalue weighted by Gasteiger charge is -2.16. The summed E-state index contributed by atoms with van der Waals surface area (Å²) in [6, 6.07) is 4.85. The maximum absolute atomic E-state index is 13.3. The third kappa shape index (κ3) is 4.89. The Balaban J connectivity index is 1.86. The minimum absolute atomic E-state index is 0.216. The predicted molar refractivity (Wildman–Crippen MR) is 85.4 cm³/mol. The molecule has 1 atom stereocenters. The first-order valence-corrected chi connectivity index (χ1v) is 8.34. The van der Waals surface area contributed by atoms with Crippen LogP contribution < -0.4 is 10.6 Å². The molecule has 0 aromatic heterocycles. The fraction of sp³-hybridized carbons (Fsp3) is 0.533. The van der Waals surface area contributed by atoms with Gasteiger partial charge in [-0.25, -0.2) is 4.39 Å². The van der Waals surface area contributed by atoms with Crippen LogP contribution in [-0.2, 0) is 11.3 Å². The van der Waals surface area contributed by atoms with Gasteiger partial charge in [0.05, 0.1) is 6.10 Å². The average molecular weight is 311 g/mol. The Morgan fingerprint density at radius 3 is 3.00 bits per heavy atom. The second-order valence-corrected chi connectivity index (χ2v) is 5.75. The zero-order valence-electron chi connectivity index (χ0n) is 12.5. The van der Waals surface area contributed by atoms with Crippen LogP contribution in [0.4, 0.5) is 4.39 Å². The van der Waals surface area contributed by atoms with Gasteiger partial charge in [-0.1, -0.05) is 0 Å². The molecule has 1 heterocycles. The van der Waals surface area contributed by atoms with Crippen LogP contribution in [0.15, 0.2) is 28.1 Å². The number of benzene rings is 1. The van der Waals surface area contributed by atoms with Gasteiger partial charge in [0.1, 0.15) is 5.82 Å². The summed E-state index contributed by atoms with van der Waals surface area (Å²) < 4.78 is 18.9. The normalized spacial score (nSPS) is 18.8. The van der Waals surface area contributed by atoms with E-state index in [9.17, 15) is 4.39 Å². The molecule has 0 amide bonds. The van der Waals surface area contributed by atoms with Crippen LogP contribution in [0.5, 0.6) is 0 Å². The van der Waals surface area contributed by atoms with Gasteiger partial charge in [-0.15, -0.1) is 11.8 Å². The number of rotatable bonds is 5. The maximum Gasteiger partial charge on any atom is 0.191 e. The molecular weight excluding hydrogens is 289 g/mol. The molecule has 116 valence electrons. The topological polar surface area (TPSA) is 45.7 Å². The minimum Gasteiger partial charge on any atom is -0.376 e. The van der Waals surface area contributed by atoms with E-state index in [1.165, 1.54) is 6.07 Å². The van der Waals surface area contributed by atoms with Crippen molar-refractivity contribution in [2.75, 3.05) is 26.5 Å². The Hall–Kier alpha value is -1.27. The third-order valence-electron chi connectivity index (χ3n) is 3.43. The largest absolute Gasteiger partial charge is 0.376 e. The Labute approximate surface area is 129 Å². The summed E-state index contributed by atoms with van der Waals surface area (Å²) in [5, 5.41) is 6.46. The lowest BCUT2D eigenvalue weighted by Crippen LogP contribution is -2.40. The second kappa shape index (κ2) is 8.24. The lowest BCUT2D eigenvalue weighted by molar-refractivity contribution is 0.114. The monoisotopic (exact) mass is 311 g/mol. The van der Waals surface area contributed by atoms with E-state index >= 15 is 0 Å². The van der Waals surface area contributed by atoms with Gasteiger partial charge in [-0.05, 0) is 42.9 Å². The summed E-state index contributed by atoms with van der Waals surface area (Å²) >= 11 is 1.61. The first-order valence-electron chi connectivity index (χ1n) is 7.11. The van der Waals surface area contributed by atoms with Gasteiger partial charge < -0.3 is 15.4 Å². The van der Waals surface area contributed by atoms with Crippen LogP contribution in [0.1, 0.15) is 18.4 Å². The van der Waals surface area contributed by atoms with E-state index in [-0.39, 0.29) is 11.9 Å². The number of hydrogen-bond acceptors (Lipinski definition) is 3. The van der Waals surface area contributed by atoms with Crippen LogP contribution in [-0.4, -0.2) is 38.5 Å². The van der Waals surface area contributed by atoms with Gasteiger partial charge in [-0.2, -0.15) is 0 Å². The quantitative estimate of drug-likeness (QED) is 0.498. The lowest BCUT2D eigenvalue weighted by atomic mass is 10.2. The van der Waals surface area contributed by atoms with Crippen molar-refractivity contribution < 1.29 is 9.13 Å². The summed E-state index contributed by atoms with van der Waals surface area (Å²) in [5.74, 6) is 0.494. The second-order valence-electron chi connectivity index (χ2n) is 4.90. The van der Waals surface area contributed by atoms with Crippen molar-refractivity contribution in [1.29, 1.82) is 0 Å². The molecule has 0 spiro atoms. The zero-order chi connectivity index (χ0) is 15.1. The number of halogens is 1. The van der Waals surface area contributed by atoms with E-state index in [0.29, 0.717) is 12.5 Å². The molecule has 2 rings (SSSR count). The van der Waals surface area contributed by atoms with E-state index in [0.717, 1.165) is 36.5 Å². The number of nitrogens with one attached hydrogen (secondary N) is 2. The molecule has 1 fully saturated rings. The molecule has 21 heavy (non-hydrogen) atoms. The molecule has 0 radical (unpaired) electrons. The number of ether oxygens (including phenoxy) is 1. The number of aliphatic imine (C=N–C) groups is 1. The van der Waals surface area contributed by atoms with Gasteiger partial charge >= 0.3 is 0 Å². The van der Waals surface area contributed by atoms with Gasteiger partial charge in [0.25, 0.3) is 0 Å². The van der Waals surface area contributed by atoms with Crippen LogP contribution in [0.2, 0.25) is 0 Å². The molecule has 1 aromatic rings.